The molecule has 1 aromatic heterocycles. The van der Waals surface area contributed by atoms with Gasteiger partial charge in [0.05, 0.1) is 16.7 Å². The van der Waals surface area contributed by atoms with Gasteiger partial charge in [0.2, 0.25) is 12.7 Å². The van der Waals surface area contributed by atoms with Gasteiger partial charge in [0.25, 0.3) is 5.56 Å². The Morgan fingerprint density at radius 3 is 2.76 bits per heavy atom. The number of aromatic nitrogens is 2. The summed E-state index contributed by atoms with van der Waals surface area (Å²) in [5.74, 6) is 1.82. The molecule has 0 fully saturated rings. The topological polar surface area (TPSA) is 73.7 Å². The Balaban J connectivity index is 1.53. The molecule has 0 N–H and O–H groups in total. The standard InChI is InChI=1S/C24H26ClN3O4S/c1-4-27(12-16-5-8-20-21(9-16)32-14-31-20)22(29)13-33-24-26-19-7-6-17(25)10-18(19)23(30)28(24)11-15(2)3/h5-10,15H,4,11-14H2,1-3H3. The number of carbonyl (C=O) groups excluding carboxylic acids is 1. The smallest absolute Gasteiger partial charge is 0.262 e. The van der Waals surface area contributed by atoms with Crippen molar-refractivity contribution in [2.24, 2.45) is 5.92 Å². The van der Waals surface area contributed by atoms with Crippen LogP contribution >= 0.6 is 23.4 Å². The van der Waals surface area contributed by atoms with Crippen molar-refractivity contribution < 1.29 is 14.3 Å². The number of nitrogens with zero attached hydrogens (tertiary/aromatic N) is 3. The minimum absolute atomic E-state index is 0.0262. The molecular formula is C24H26ClN3O4S. The molecule has 0 saturated carbocycles. The summed E-state index contributed by atoms with van der Waals surface area (Å²) in [6.45, 7) is 7.79. The summed E-state index contributed by atoms with van der Waals surface area (Å²) in [7, 11) is 0. The van der Waals surface area contributed by atoms with Crippen LogP contribution in [0.3, 0.4) is 0 Å². The van der Waals surface area contributed by atoms with Crippen molar-refractivity contribution in [1.82, 2.24) is 14.5 Å². The van der Waals surface area contributed by atoms with Crippen molar-refractivity contribution in [3.05, 3.63) is 57.3 Å². The van der Waals surface area contributed by atoms with Crippen LogP contribution in [0.1, 0.15) is 26.3 Å². The van der Waals surface area contributed by atoms with Crippen LogP contribution in [0.2, 0.25) is 5.02 Å². The lowest BCUT2D eigenvalue weighted by Crippen LogP contribution is -2.32. The van der Waals surface area contributed by atoms with Gasteiger partial charge >= 0.3 is 0 Å². The van der Waals surface area contributed by atoms with E-state index in [9.17, 15) is 9.59 Å². The zero-order valence-electron chi connectivity index (χ0n) is 18.8. The molecule has 174 valence electrons. The molecule has 0 unspecified atom stereocenters. The highest BCUT2D eigenvalue weighted by molar-refractivity contribution is 7.99. The lowest BCUT2D eigenvalue weighted by atomic mass is 10.2. The first-order valence-electron chi connectivity index (χ1n) is 10.8. The van der Waals surface area contributed by atoms with E-state index in [2.05, 4.69) is 4.98 Å². The summed E-state index contributed by atoms with van der Waals surface area (Å²) in [5.41, 5.74) is 1.41. The first kappa shape index (κ1) is 23.4. The molecule has 2 aromatic carbocycles. The second-order valence-electron chi connectivity index (χ2n) is 8.25. The number of carbonyl (C=O) groups is 1. The Hall–Kier alpha value is -2.71. The number of hydrogen-bond acceptors (Lipinski definition) is 6. The Morgan fingerprint density at radius 2 is 2.00 bits per heavy atom. The highest BCUT2D eigenvalue weighted by Crippen LogP contribution is 2.33. The fourth-order valence-electron chi connectivity index (χ4n) is 3.66. The molecular weight excluding hydrogens is 462 g/mol. The Labute approximate surface area is 201 Å². The Kier molecular flexibility index (Phi) is 7.14. The normalized spacial score (nSPS) is 12.5. The van der Waals surface area contributed by atoms with E-state index in [-0.39, 0.29) is 29.9 Å². The highest BCUT2D eigenvalue weighted by Gasteiger charge is 2.19. The predicted octanol–water partition coefficient (Wildman–Crippen LogP) is 4.58. The maximum atomic E-state index is 13.1. The van der Waals surface area contributed by atoms with Crippen LogP contribution in [0.4, 0.5) is 0 Å². The van der Waals surface area contributed by atoms with Crippen LogP contribution < -0.4 is 15.0 Å². The molecule has 0 saturated heterocycles. The second-order valence-corrected chi connectivity index (χ2v) is 9.63. The van der Waals surface area contributed by atoms with E-state index in [1.165, 1.54) is 11.8 Å². The SMILES string of the molecule is CCN(Cc1ccc2c(c1)OCO2)C(=O)CSc1nc2ccc(Cl)cc2c(=O)n1CC(C)C. The van der Waals surface area contributed by atoms with Crippen molar-refractivity contribution in [2.75, 3.05) is 19.1 Å². The minimum Gasteiger partial charge on any atom is -0.454 e. The van der Waals surface area contributed by atoms with E-state index in [1.807, 2.05) is 39.0 Å². The van der Waals surface area contributed by atoms with Gasteiger partial charge in [0, 0.05) is 24.7 Å². The largest absolute Gasteiger partial charge is 0.454 e. The van der Waals surface area contributed by atoms with Crippen molar-refractivity contribution in [2.45, 2.75) is 39.0 Å². The van der Waals surface area contributed by atoms with Gasteiger partial charge in [-0.1, -0.05) is 43.3 Å². The van der Waals surface area contributed by atoms with Gasteiger partial charge in [-0.25, -0.2) is 4.98 Å². The van der Waals surface area contributed by atoms with E-state index in [0.29, 0.717) is 46.5 Å². The summed E-state index contributed by atoms with van der Waals surface area (Å²) < 4.78 is 12.4. The van der Waals surface area contributed by atoms with Gasteiger partial charge in [-0.2, -0.15) is 0 Å². The molecule has 1 aliphatic rings. The van der Waals surface area contributed by atoms with Gasteiger partial charge in [-0.3, -0.25) is 14.2 Å². The Morgan fingerprint density at radius 1 is 1.21 bits per heavy atom. The number of thioether (sulfide) groups is 1. The third-order valence-corrected chi connectivity index (χ3v) is 6.49. The third-order valence-electron chi connectivity index (χ3n) is 5.30. The zero-order chi connectivity index (χ0) is 23.5. The van der Waals surface area contributed by atoms with Crippen LogP contribution in [-0.4, -0.2) is 39.4 Å². The third kappa shape index (κ3) is 5.28. The fourth-order valence-corrected chi connectivity index (χ4v) is 4.75. The number of amides is 1. The van der Waals surface area contributed by atoms with Crippen LogP contribution in [-0.2, 0) is 17.9 Å². The van der Waals surface area contributed by atoms with Gasteiger partial charge in [-0.15, -0.1) is 0 Å². The van der Waals surface area contributed by atoms with Crippen LogP contribution in [0.15, 0.2) is 46.3 Å². The molecule has 0 spiro atoms. The zero-order valence-corrected chi connectivity index (χ0v) is 20.4. The molecule has 0 radical (unpaired) electrons. The van der Waals surface area contributed by atoms with E-state index in [4.69, 9.17) is 21.1 Å². The van der Waals surface area contributed by atoms with Crippen LogP contribution in [0.25, 0.3) is 10.9 Å². The average Bonchev–Trinajstić information content (AvgIpc) is 3.26. The molecule has 0 bridgehead atoms. The molecule has 0 aliphatic carbocycles. The molecule has 33 heavy (non-hydrogen) atoms. The van der Waals surface area contributed by atoms with Crippen molar-refractivity contribution in [3.8, 4) is 11.5 Å². The molecule has 9 heteroatoms. The van der Waals surface area contributed by atoms with E-state index < -0.39 is 0 Å². The van der Waals surface area contributed by atoms with Gasteiger partial charge in [-0.05, 0) is 48.7 Å². The maximum absolute atomic E-state index is 13.1. The van der Waals surface area contributed by atoms with E-state index >= 15 is 0 Å². The average molecular weight is 488 g/mol. The number of hydrogen-bond donors (Lipinski definition) is 0. The lowest BCUT2D eigenvalue weighted by Gasteiger charge is -2.21. The predicted molar refractivity (Wildman–Crippen MR) is 130 cm³/mol. The van der Waals surface area contributed by atoms with E-state index in [0.717, 1.165) is 11.3 Å². The summed E-state index contributed by atoms with van der Waals surface area (Å²) in [6.07, 6.45) is 0. The molecule has 1 aliphatic heterocycles. The first-order valence-corrected chi connectivity index (χ1v) is 12.2. The number of fused-ring (bicyclic) bond motifs is 2. The quantitative estimate of drug-likeness (QED) is 0.342. The van der Waals surface area contributed by atoms with Crippen molar-refractivity contribution in [1.29, 1.82) is 0 Å². The number of rotatable bonds is 8. The minimum atomic E-state index is -0.140. The fraction of sp³-hybridized carbons (Fsp3) is 0.375. The Bertz CT molecular complexity index is 1240. The van der Waals surface area contributed by atoms with Gasteiger partial charge in [0.1, 0.15) is 0 Å². The summed E-state index contributed by atoms with van der Waals surface area (Å²) in [6, 6.07) is 10.8. The summed E-state index contributed by atoms with van der Waals surface area (Å²) in [4.78, 5) is 32.6. The first-order chi connectivity index (χ1) is 15.9. The molecule has 2 heterocycles. The van der Waals surface area contributed by atoms with Crippen LogP contribution in [0.5, 0.6) is 11.5 Å². The number of halogens is 1. The molecule has 7 nitrogen and oxygen atoms in total. The van der Waals surface area contributed by atoms with Gasteiger partial charge < -0.3 is 14.4 Å². The van der Waals surface area contributed by atoms with Crippen molar-refractivity contribution in [3.63, 3.8) is 0 Å². The summed E-state index contributed by atoms with van der Waals surface area (Å²) >= 11 is 7.38. The lowest BCUT2D eigenvalue weighted by molar-refractivity contribution is -0.128. The monoisotopic (exact) mass is 487 g/mol. The van der Waals surface area contributed by atoms with E-state index in [1.54, 1.807) is 27.7 Å². The molecule has 4 rings (SSSR count). The maximum Gasteiger partial charge on any atom is 0.262 e. The van der Waals surface area contributed by atoms with Gasteiger partial charge in [0.15, 0.2) is 16.7 Å². The number of benzene rings is 2. The second kappa shape index (κ2) is 10.1. The number of ether oxygens (including phenoxy) is 2. The summed E-state index contributed by atoms with van der Waals surface area (Å²) in [5, 5.41) is 1.52. The highest BCUT2D eigenvalue weighted by atomic mass is 35.5. The molecule has 0 atom stereocenters. The molecule has 1 amide bonds. The molecule has 3 aromatic rings. The van der Waals surface area contributed by atoms with Crippen LogP contribution in [0, 0.1) is 5.92 Å². The van der Waals surface area contributed by atoms with Crippen molar-refractivity contribution >= 4 is 40.2 Å².